The lowest BCUT2D eigenvalue weighted by Crippen LogP contribution is -2.54. The van der Waals surface area contributed by atoms with Crippen LogP contribution in [-0.2, 0) is 9.59 Å². The highest BCUT2D eigenvalue weighted by molar-refractivity contribution is 7.80. The second-order valence-electron chi connectivity index (χ2n) is 6.74. The molecule has 1 aromatic carbocycles. The van der Waals surface area contributed by atoms with Crippen molar-refractivity contribution in [1.82, 2.24) is 10.2 Å². The summed E-state index contributed by atoms with van der Waals surface area (Å²) in [5, 5.41) is 5.44. The van der Waals surface area contributed by atoms with Gasteiger partial charge in [0.15, 0.2) is 0 Å². The summed E-state index contributed by atoms with van der Waals surface area (Å²) in [5.74, 6) is -1.07. The highest BCUT2D eigenvalue weighted by atomic mass is 32.1. The van der Waals surface area contributed by atoms with Crippen LogP contribution in [0.1, 0.15) is 59.2 Å². The predicted octanol–water partition coefficient (Wildman–Crippen LogP) is 1.99. The molecule has 0 saturated carbocycles. The zero-order chi connectivity index (χ0) is 19.4. The third-order valence-electron chi connectivity index (χ3n) is 4.87. The molecule has 2 aliphatic heterocycles. The zero-order valence-corrected chi connectivity index (χ0v) is 15.9. The van der Waals surface area contributed by atoms with E-state index in [0.717, 1.165) is 36.3 Å². The number of carbonyl (C=O) groups excluding carboxylic acids is 4. The van der Waals surface area contributed by atoms with Crippen molar-refractivity contribution in [2.24, 2.45) is 0 Å². The summed E-state index contributed by atoms with van der Waals surface area (Å²) in [6, 6.07) is 4.15. The van der Waals surface area contributed by atoms with Gasteiger partial charge in [-0.25, -0.2) is 0 Å². The van der Waals surface area contributed by atoms with Crippen LogP contribution < -0.4 is 10.6 Å². The van der Waals surface area contributed by atoms with E-state index in [0.29, 0.717) is 23.4 Å². The van der Waals surface area contributed by atoms with Crippen LogP contribution in [0.15, 0.2) is 18.2 Å². The number of hydrogen-bond donors (Lipinski definition) is 3. The Balaban J connectivity index is 1.72. The van der Waals surface area contributed by atoms with Crippen LogP contribution in [0.2, 0.25) is 0 Å². The number of imide groups is 2. The van der Waals surface area contributed by atoms with Crippen LogP contribution in [0.5, 0.6) is 0 Å². The summed E-state index contributed by atoms with van der Waals surface area (Å²) in [6.45, 7) is 0.697. The molecule has 4 amide bonds. The first-order chi connectivity index (χ1) is 13.0. The van der Waals surface area contributed by atoms with Gasteiger partial charge in [-0.1, -0.05) is 18.9 Å². The van der Waals surface area contributed by atoms with Gasteiger partial charge in [-0.05, 0) is 37.1 Å². The number of benzene rings is 1. The van der Waals surface area contributed by atoms with Gasteiger partial charge in [-0.3, -0.25) is 29.4 Å². The summed E-state index contributed by atoms with van der Waals surface area (Å²) in [4.78, 5) is 50.1. The molecule has 1 fully saturated rings. The largest absolute Gasteiger partial charge is 0.384 e. The lowest BCUT2D eigenvalue weighted by Gasteiger charge is -2.27. The molecule has 0 bridgehead atoms. The van der Waals surface area contributed by atoms with Crippen molar-refractivity contribution in [2.75, 3.05) is 17.6 Å². The number of fused-ring (bicyclic) bond motifs is 1. The highest BCUT2D eigenvalue weighted by Gasteiger charge is 2.45. The number of thiol groups is 1. The van der Waals surface area contributed by atoms with Gasteiger partial charge in [0, 0.05) is 18.7 Å². The first-order valence-corrected chi connectivity index (χ1v) is 9.87. The minimum absolute atomic E-state index is 0.112. The van der Waals surface area contributed by atoms with Gasteiger partial charge in [-0.2, -0.15) is 12.6 Å². The summed E-state index contributed by atoms with van der Waals surface area (Å²) in [7, 11) is 0. The van der Waals surface area contributed by atoms with E-state index in [2.05, 4.69) is 23.3 Å². The molecule has 0 spiro atoms. The Morgan fingerprint density at radius 2 is 1.85 bits per heavy atom. The van der Waals surface area contributed by atoms with Crippen LogP contribution in [0.25, 0.3) is 0 Å². The maximum atomic E-state index is 12.9. The topological polar surface area (TPSA) is 95.6 Å². The molecule has 3 rings (SSSR count). The zero-order valence-electron chi connectivity index (χ0n) is 15.0. The lowest BCUT2D eigenvalue weighted by molar-refractivity contribution is -0.136. The van der Waals surface area contributed by atoms with E-state index in [4.69, 9.17) is 0 Å². The van der Waals surface area contributed by atoms with Crippen molar-refractivity contribution in [3.8, 4) is 0 Å². The average molecular weight is 389 g/mol. The molecule has 2 heterocycles. The van der Waals surface area contributed by atoms with E-state index in [1.54, 1.807) is 18.2 Å². The van der Waals surface area contributed by atoms with Crippen molar-refractivity contribution in [3.63, 3.8) is 0 Å². The van der Waals surface area contributed by atoms with Crippen molar-refractivity contribution in [3.05, 3.63) is 29.3 Å². The molecular weight excluding hydrogens is 366 g/mol. The predicted molar refractivity (Wildman–Crippen MR) is 104 cm³/mol. The minimum atomic E-state index is -0.941. The fourth-order valence-corrected chi connectivity index (χ4v) is 3.70. The Morgan fingerprint density at radius 3 is 2.59 bits per heavy atom. The molecule has 144 valence electrons. The second-order valence-corrected chi connectivity index (χ2v) is 7.19. The highest BCUT2D eigenvalue weighted by Crippen LogP contribution is 2.32. The Kier molecular flexibility index (Phi) is 6.15. The van der Waals surface area contributed by atoms with Crippen LogP contribution in [0.4, 0.5) is 5.69 Å². The number of anilines is 1. The Hall–Kier alpha value is -2.35. The summed E-state index contributed by atoms with van der Waals surface area (Å²) < 4.78 is 0. The number of hydrogen-bond acceptors (Lipinski definition) is 6. The molecule has 0 aliphatic carbocycles. The number of rotatable bonds is 8. The number of nitrogens with zero attached hydrogens (tertiary/aromatic N) is 1. The van der Waals surface area contributed by atoms with Crippen molar-refractivity contribution in [2.45, 2.75) is 44.6 Å². The van der Waals surface area contributed by atoms with E-state index in [1.165, 1.54) is 0 Å². The Bertz CT molecular complexity index is 780. The molecule has 8 heteroatoms. The average Bonchev–Trinajstić information content (AvgIpc) is 2.90. The van der Waals surface area contributed by atoms with Gasteiger partial charge in [0.05, 0.1) is 11.1 Å². The number of piperidine rings is 1. The third kappa shape index (κ3) is 4.00. The third-order valence-corrected chi connectivity index (χ3v) is 5.18. The number of unbranched alkanes of at least 4 members (excludes halogenated alkanes) is 3. The summed E-state index contributed by atoms with van der Waals surface area (Å²) >= 11 is 4.19. The molecule has 27 heavy (non-hydrogen) atoms. The molecule has 0 radical (unpaired) electrons. The first kappa shape index (κ1) is 19.4. The van der Waals surface area contributed by atoms with Crippen molar-refractivity contribution >= 4 is 41.9 Å². The van der Waals surface area contributed by atoms with E-state index in [9.17, 15) is 19.2 Å². The smallest absolute Gasteiger partial charge is 0.264 e. The fraction of sp³-hybridized carbons (Fsp3) is 0.474. The van der Waals surface area contributed by atoms with Crippen LogP contribution in [0, 0.1) is 0 Å². The number of nitrogens with one attached hydrogen (secondary N) is 2. The number of amides is 4. The Labute approximate surface area is 163 Å². The fourth-order valence-electron chi connectivity index (χ4n) is 3.48. The molecule has 1 aromatic rings. The molecular formula is C19H23N3O4S. The molecule has 2 N–H and O–H groups in total. The van der Waals surface area contributed by atoms with Gasteiger partial charge in [0.2, 0.25) is 11.8 Å². The summed E-state index contributed by atoms with van der Waals surface area (Å²) in [6.07, 6.45) is 4.48. The minimum Gasteiger partial charge on any atom is -0.384 e. The normalized spacial score (nSPS) is 19.3. The lowest BCUT2D eigenvalue weighted by atomic mass is 10.0. The molecule has 2 aliphatic rings. The van der Waals surface area contributed by atoms with Gasteiger partial charge in [0.25, 0.3) is 11.8 Å². The SMILES string of the molecule is O=C1CCC(N2C(=O)c3cccc(NCCCCCCS)c3C2=O)C(=O)N1. The standard InChI is InChI=1S/C19H23N3O4S/c23-15-9-8-14(17(24)21-15)22-18(25)12-6-5-7-13(16(12)19(22)26)20-10-3-1-2-4-11-27/h5-7,14,20,27H,1-4,8-11H2,(H,21,23,24). The Morgan fingerprint density at radius 1 is 1.07 bits per heavy atom. The van der Waals surface area contributed by atoms with E-state index < -0.39 is 23.8 Å². The van der Waals surface area contributed by atoms with Gasteiger partial charge in [-0.15, -0.1) is 0 Å². The molecule has 1 unspecified atom stereocenters. The van der Waals surface area contributed by atoms with Crippen molar-refractivity contribution < 1.29 is 19.2 Å². The molecule has 1 saturated heterocycles. The van der Waals surface area contributed by atoms with Gasteiger partial charge in [0.1, 0.15) is 6.04 Å². The monoisotopic (exact) mass is 389 g/mol. The number of carbonyl (C=O) groups is 4. The maximum Gasteiger partial charge on any atom is 0.264 e. The molecule has 1 atom stereocenters. The quantitative estimate of drug-likeness (QED) is 0.359. The maximum absolute atomic E-state index is 12.9. The van der Waals surface area contributed by atoms with E-state index in [-0.39, 0.29) is 18.7 Å². The van der Waals surface area contributed by atoms with Gasteiger partial charge < -0.3 is 5.32 Å². The van der Waals surface area contributed by atoms with E-state index >= 15 is 0 Å². The van der Waals surface area contributed by atoms with Crippen LogP contribution in [-0.4, -0.2) is 46.9 Å². The summed E-state index contributed by atoms with van der Waals surface area (Å²) in [5.41, 5.74) is 1.21. The van der Waals surface area contributed by atoms with Gasteiger partial charge >= 0.3 is 0 Å². The van der Waals surface area contributed by atoms with Crippen LogP contribution >= 0.6 is 12.6 Å². The van der Waals surface area contributed by atoms with Crippen LogP contribution in [0.3, 0.4) is 0 Å². The first-order valence-electron chi connectivity index (χ1n) is 9.24. The molecule has 0 aromatic heterocycles. The molecule has 7 nitrogen and oxygen atoms in total. The second kappa shape index (κ2) is 8.56. The van der Waals surface area contributed by atoms with Crippen molar-refractivity contribution in [1.29, 1.82) is 0 Å². The van der Waals surface area contributed by atoms with E-state index in [1.807, 2.05) is 0 Å².